The molecule has 1 aliphatic heterocycles. The third-order valence-electron chi connectivity index (χ3n) is 3.59. The minimum Gasteiger partial charge on any atom is -0.395 e. The van der Waals surface area contributed by atoms with E-state index >= 15 is 0 Å². The van der Waals surface area contributed by atoms with Gasteiger partial charge in [0.2, 0.25) is 0 Å². The average molecular weight is 241 g/mol. The molecule has 1 aliphatic rings. The van der Waals surface area contributed by atoms with Crippen LogP contribution in [0.3, 0.4) is 0 Å². The maximum absolute atomic E-state index is 13.5. The maximum Gasteiger partial charge on any atom is 0.163 e. The molecule has 2 nitrogen and oxygen atoms in total. The van der Waals surface area contributed by atoms with E-state index in [1.165, 1.54) is 6.07 Å². The molecule has 2 atom stereocenters. The highest BCUT2D eigenvalue weighted by Crippen LogP contribution is 2.26. The summed E-state index contributed by atoms with van der Waals surface area (Å²) in [6.45, 7) is 3.32. The number of nitrogens with zero attached hydrogens (tertiary/aromatic N) is 1. The fourth-order valence-corrected chi connectivity index (χ4v) is 2.47. The average Bonchev–Trinajstić information content (AvgIpc) is 2.66. The zero-order chi connectivity index (χ0) is 12.4. The lowest BCUT2D eigenvalue weighted by Crippen LogP contribution is -2.34. The topological polar surface area (TPSA) is 23.5 Å². The van der Waals surface area contributed by atoms with Gasteiger partial charge < -0.3 is 5.11 Å². The van der Waals surface area contributed by atoms with Crippen LogP contribution in [0.15, 0.2) is 18.2 Å². The van der Waals surface area contributed by atoms with E-state index in [2.05, 4.69) is 6.92 Å². The number of aliphatic hydroxyl groups is 1. The number of hydrogen-bond donors (Lipinski definition) is 1. The molecular formula is C13H17F2NO. The minimum absolute atomic E-state index is 0.0534. The number of halogens is 2. The molecule has 2 rings (SSSR count). The Hall–Kier alpha value is -1.00. The second-order valence-corrected chi connectivity index (χ2v) is 4.70. The van der Waals surface area contributed by atoms with Gasteiger partial charge in [-0.2, -0.15) is 0 Å². The van der Waals surface area contributed by atoms with Crippen LogP contribution in [0.4, 0.5) is 8.78 Å². The molecule has 1 heterocycles. The monoisotopic (exact) mass is 241 g/mol. The van der Waals surface area contributed by atoms with E-state index in [4.69, 9.17) is 0 Å². The SMILES string of the molecule is CC1CCN(Cc2cccc(F)c2F)C1CO. The van der Waals surface area contributed by atoms with Crippen molar-refractivity contribution in [1.82, 2.24) is 4.90 Å². The van der Waals surface area contributed by atoms with E-state index in [-0.39, 0.29) is 12.6 Å². The van der Waals surface area contributed by atoms with Crippen LogP contribution in [0.1, 0.15) is 18.9 Å². The van der Waals surface area contributed by atoms with E-state index in [1.807, 2.05) is 4.90 Å². The number of benzene rings is 1. The van der Waals surface area contributed by atoms with Crippen LogP contribution in [0.25, 0.3) is 0 Å². The molecule has 0 bridgehead atoms. The third-order valence-corrected chi connectivity index (χ3v) is 3.59. The Morgan fingerprint density at radius 2 is 2.18 bits per heavy atom. The number of aliphatic hydroxyl groups excluding tert-OH is 1. The highest BCUT2D eigenvalue weighted by Gasteiger charge is 2.30. The van der Waals surface area contributed by atoms with Gasteiger partial charge in [-0.05, 0) is 24.9 Å². The van der Waals surface area contributed by atoms with Gasteiger partial charge in [-0.1, -0.05) is 19.1 Å². The first-order valence-electron chi connectivity index (χ1n) is 5.91. The fourth-order valence-electron chi connectivity index (χ4n) is 2.47. The molecular weight excluding hydrogens is 224 g/mol. The van der Waals surface area contributed by atoms with E-state index in [0.29, 0.717) is 18.0 Å². The second-order valence-electron chi connectivity index (χ2n) is 4.70. The zero-order valence-corrected chi connectivity index (χ0v) is 9.87. The summed E-state index contributed by atoms with van der Waals surface area (Å²) < 4.78 is 26.6. The van der Waals surface area contributed by atoms with Crippen LogP contribution in [0.5, 0.6) is 0 Å². The first-order chi connectivity index (χ1) is 8.13. The van der Waals surface area contributed by atoms with E-state index in [9.17, 15) is 13.9 Å². The molecule has 0 spiro atoms. The van der Waals surface area contributed by atoms with Crippen molar-refractivity contribution in [2.24, 2.45) is 5.92 Å². The lowest BCUT2D eigenvalue weighted by atomic mass is 10.0. The second kappa shape index (κ2) is 5.10. The van der Waals surface area contributed by atoms with E-state index < -0.39 is 11.6 Å². The van der Waals surface area contributed by atoms with Crippen molar-refractivity contribution in [3.8, 4) is 0 Å². The van der Waals surface area contributed by atoms with Gasteiger partial charge in [0.25, 0.3) is 0 Å². The largest absolute Gasteiger partial charge is 0.395 e. The smallest absolute Gasteiger partial charge is 0.163 e. The number of rotatable bonds is 3. The van der Waals surface area contributed by atoms with Crippen molar-refractivity contribution in [3.63, 3.8) is 0 Å². The Kier molecular flexibility index (Phi) is 3.74. The maximum atomic E-state index is 13.5. The molecule has 0 aromatic heterocycles. The first-order valence-corrected chi connectivity index (χ1v) is 5.91. The van der Waals surface area contributed by atoms with Crippen LogP contribution in [-0.4, -0.2) is 29.2 Å². The lowest BCUT2D eigenvalue weighted by molar-refractivity contribution is 0.133. The number of likely N-dealkylation sites (tertiary alicyclic amines) is 1. The summed E-state index contributed by atoms with van der Waals surface area (Å²) in [6, 6.07) is 4.28. The summed E-state index contributed by atoms with van der Waals surface area (Å²) in [4.78, 5) is 2.02. The molecule has 0 radical (unpaired) electrons. The minimum atomic E-state index is -0.810. The summed E-state index contributed by atoms with van der Waals surface area (Å²) in [7, 11) is 0. The van der Waals surface area contributed by atoms with Gasteiger partial charge >= 0.3 is 0 Å². The molecule has 4 heteroatoms. The molecule has 1 aromatic carbocycles. The Labute approximate surface area is 99.9 Å². The summed E-state index contributed by atoms with van der Waals surface area (Å²) in [5, 5.41) is 9.30. The standard InChI is InChI=1S/C13H17F2NO/c1-9-5-6-16(12(9)8-17)7-10-3-2-4-11(14)13(10)15/h2-4,9,12,17H,5-8H2,1H3. The Balaban J connectivity index is 2.13. The summed E-state index contributed by atoms with van der Waals surface area (Å²) in [5.41, 5.74) is 0.359. The molecule has 0 aliphatic carbocycles. The molecule has 17 heavy (non-hydrogen) atoms. The molecule has 1 aromatic rings. The van der Waals surface area contributed by atoms with Crippen molar-refractivity contribution < 1.29 is 13.9 Å². The molecule has 0 saturated carbocycles. The predicted molar refractivity (Wildman–Crippen MR) is 61.4 cm³/mol. The van der Waals surface area contributed by atoms with Crippen molar-refractivity contribution >= 4 is 0 Å². The lowest BCUT2D eigenvalue weighted by Gasteiger charge is -2.25. The highest BCUT2D eigenvalue weighted by molar-refractivity contribution is 5.19. The van der Waals surface area contributed by atoms with Gasteiger partial charge in [-0.25, -0.2) is 8.78 Å². The Morgan fingerprint density at radius 3 is 2.88 bits per heavy atom. The van der Waals surface area contributed by atoms with Crippen LogP contribution in [0, 0.1) is 17.6 Å². The molecule has 0 amide bonds. The van der Waals surface area contributed by atoms with Crippen LogP contribution >= 0.6 is 0 Å². The molecule has 1 fully saturated rings. The first kappa shape index (κ1) is 12.5. The van der Waals surface area contributed by atoms with Gasteiger partial charge in [-0.3, -0.25) is 4.90 Å². The Morgan fingerprint density at radius 1 is 1.41 bits per heavy atom. The van der Waals surface area contributed by atoms with Crippen LogP contribution in [-0.2, 0) is 6.54 Å². The van der Waals surface area contributed by atoms with Crippen LogP contribution < -0.4 is 0 Å². The molecule has 1 saturated heterocycles. The predicted octanol–water partition coefficient (Wildman–Crippen LogP) is 2.17. The van der Waals surface area contributed by atoms with E-state index in [0.717, 1.165) is 19.0 Å². The summed E-state index contributed by atoms with van der Waals surface area (Å²) in [5.74, 6) is -1.18. The zero-order valence-electron chi connectivity index (χ0n) is 9.87. The van der Waals surface area contributed by atoms with Crippen molar-refractivity contribution in [3.05, 3.63) is 35.4 Å². The third kappa shape index (κ3) is 2.48. The van der Waals surface area contributed by atoms with Crippen molar-refractivity contribution in [2.45, 2.75) is 25.9 Å². The van der Waals surface area contributed by atoms with Gasteiger partial charge in [0.05, 0.1) is 6.61 Å². The molecule has 1 N–H and O–H groups in total. The summed E-state index contributed by atoms with van der Waals surface area (Å²) in [6.07, 6.45) is 0.988. The fraction of sp³-hybridized carbons (Fsp3) is 0.538. The van der Waals surface area contributed by atoms with Gasteiger partial charge in [-0.15, -0.1) is 0 Å². The Bertz CT molecular complexity index is 397. The van der Waals surface area contributed by atoms with Gasteiger partial charge in [0, 0.05) is 18.2 Å². The quantitative estimate of drug-likeness (QED) is 0.876. The highest BCUT2D eigenvalue weighted by atomic mass is 19.2. The van der Waals surface area contributed by atoms with Gasteiger partial charge in [0.1, 0.15) is 0 Å². The summed E-state index contributed by atoms with van der Waals surface area (Å²) >= 11 is 0. The molecule has 2 unspecified atom stereocenters. The normalized spacial score (nSPS) is 25.4. The van der Waals surface area contributed by atoms with E-state index in [1.54, 1.807) is 6.07 Å². The van der Waals surface area contributed by atoms with Gasteiger partial charge in [0.15, 0.2) is 11.6 Å². The van der Waals surface area contributed by atoms with Crippen molar-refractivity contribution in [2.75, 3.05) is 13.2 Å². The number of hydrogen-bond acceptors (Lipinski definition) is 2. The van der Waals surface area contributed by atoms with Crippen LogP contribution in [0.2, 0.25) is 0 Å². The molecule has 94 valence electrons. The van der Waals surface area contributed by atoms with Crippen molar-refractivity contribution in [1.29, 1.82) is 0 Å².